The molecule has 2 fully saturated rings. The van der Waals surface area contributed by atoms with E-state index in [1.165, 1.54) is 35.0 Å². The molecule has 2 unspecified atom stereocenters. The van der Waals surface area contributed by atoms with Gasteiger partial charge in [0.05, 0.1) is 12.3 Å². The van der Waals surface area contributed by atoms with Crippen molar-refractivity contribution in [1.29, 1.82) is 0 Å². The number of fused-ring (bicyclic) bond motifs is 1. The minimum absolute atomic E-state index is 0.190. The monoisotopic (exact) mass is 295 g/mol. The maximum atomic E-state index is 6.09. The average molecular weight is 295 g/mol. The third-order valence-corrected chi connectivity index (χ3v) is 5.47. The summed E-state index contributed by atoms with van der Waals surface area (Å²) in [5.41, 5.74) is 1.27. The van der Waals surface area contributed by atoms with Gasteiger partial charge < -0.3 is 10.1 Å². The number of hydrogen-bond acceptors (Lipinski definition) is 5. The minimum Gasteiger partial charge on any atom is -0.368 e. The van der Waals surface area contributed by atoms with Crippen molar-refractivity contribution in [2.45, 2.75) is 51.3 Å². The van der Waals surface area contributed by atoms with Crippen LogP contribution in [0.25, 0.3) is 0 Å². The van der Waals surface area contributed by atoms with E-state index in [0.717, 1.165) is 32.5 Å². The van der Waals surface area contributed by atoms with Crippen molar-refractivity contribution in [1.82, 2.24) is 15.2 Å². The smallest absolute Gasteiger partial charge is 0.123 e. The highest BCUT2D eigenvalue weighted by molar-refractivity contribution is 7.11. The number of hydrogen-bond donors (Lipinski definition) is 1. The molecule has 2 atom stereocenters. The average Bonchev–Trinajstić information content (AvgIpc) is 3.06. The first-order valence-corrected chi connectivity index (χ1v) is 8.62. The Balaban J connectivity index is 1.74. The molecule has 4 nitrogen and oxygen atoms in total. The zero-order valence-corrected chi connectivity index (χ0v) is 13.3. The Hall–Kier alpha value is -0.490. The summed E-state index contributed by atoms with van der Waals surface area (Å²) in [6.45, 7) is 6.29. The van der Waals surface area contributed by atoms with Gasteiger partial charge in [-0.3, -0.25) is 4.90 Å². The van der Waals surface area contributed by atoms with E-state index >= 15 is 0 Å². The third-order valence-electron chi connectivity index (χ3n) is 4.28. The molecule has 1 aromatic heterocycles. The molecule has 20 heavy (non-hydrogen) atoms. The Morgan fingerprint density at radius 3 is 3.20 bits per heavy atom. The summed E-state index contributed by atoms with van der Waals surface area (Å²) < 4.78 is 6.09. The van der Waals surface area contributed by atoms with Gasteiger partial charge in [0, 0.05) is 24.0 Å². The lowest BCUT2D eigenvalue weighted by Crippen LogP contribution is -2.42. The quantitative estimate of drug-likeness (QED) is 0.905. The fraction of sp³-hybridized carbons (Fsp3) is 0.800. The van der Waals surface area contributed by atoms with Crippen molar-refractivity contribution >= 4 is 11.3 Å². The lowest BCUT2D eigenvalue weighted by Gasteiger charge is -2.34. The van der Waals surface area contributed by atoms with Gasteiger partial charge in [-0.15, -0.1) is 11.3 Å². The number of rotatable bonds is 5. The van der Waals surface area contributed by atoms with Crippen molar-refractivity contribution in [3.8, 4) is 0 Å². The Labute approximate surface area is 125 Å². The summed E-state index contributed by atoms with van der Waals surface area (Å²) >= 11 is 1.84. The Kier molecular flexibility index (Phi) is 4.71. The summed E-state index contributed by atoms with van der Waals surface area (Å²) in [6, 6.07) is 0.665. The van der Waals surface area contributed by atoms with Gasteiger partial charge in [-0.1, -0.05) is 13.3 Å². The highest BCUT2D eigenvalue weighted by Crippen LogP contribution is 2.33. The van der Waals surface area contributed by atoms with Crippen LogP contribution in [0.3, 0.4) is 0 Å². The molecule has 0 aromatic carbocycles. The molecule has 3 rings (SSSR count). The summed E-state index contributed by atoms with van der Waals surface area (Å²) in [6.07, 6.45) is 5.05. The second-order valence-corrected chi connectivity index (χ2v) is 6.93. The maximum Gasteiger partial charge on any atom is 0.123 e. The molecule has 0 aliphatic carbocycles. The molecule has 1 N–H and O–H groups in total. The third kappa shape index (κ3) is 2.91. The van der Waals surface area contributed by atoms with Crippen LogP contribution in [0.1, 0.15) is 47.9 Å². The van der Waals surface area contributed by atoms with E-state index in [-0.39, 0.29) is 6.10 Å². The molecule has 0 spiro atoms. The van der Waals surface area contributed by atoms with Crippen LogP contribution in [0.2, 0.25) is 0 Å². The maximum absolute atomic E-state index is 6.09. The molecule has 0 amide bonds. The first kappa shape index (κ1) is 14.4. The van der Waals surface area contributed by atoms with Crippen molar-refractivity contribution < 1.29 is 4.74 Å². The van der Waals surface area contributed by atoms with Crippen LogP contribution in [0.5, 0.6) is 0 Å². The topological polar surface area (TPSA) is 37.4 Å². The number of aromatic nitrogens is 1. The lowest BCUT2D eigenvalue weighted by molar-refractivity contribution is -0.0502. The Morgan fingerprint density at radius 2 is 2.40 bits per heavy atom. The van der Waals surface area contributed by atoms with E-state index in [9.17, 15) is 0 Å². The van der Waals surface area contributed by atoms with Crippen molar-refractivity contribution in [2.24, 2.45) is 0 Å². The first-order chi connectivity index (χ1) is 9.81. The number of morpholine rings is 1. The fourth-order valence-corrected chi connectivity index (χ4v) is 4.40. The van der Waals surface area contributed by atoms with Gasteiger partial charge in [0.2, 0.25) is 0 Å². The lowest BCUT2D eigenvalue weighted by atomic mass is 10.2. The van der Waals surface area contributed by atoms with E-state index in [4.69, 9.17) is 9.72 Å². The second-order valence-electron chi connectivity index (χ2n) is 5.82. The molecular weight excluding hydrogens is 270 g/mol. The predicted octanol–water partition coefficient (Wildman–Crippen LogP) is 2.35. The second kappa shape index (κ2) is 6.52. The van der Waals surface area contributed by atoms with Gasteiger partial charge >= 0.3 is 0 Å². The van der Waals surface area contributed by atoms with Gasteiger partial charge in [0.1, 0.15) is 11.1 Å². The molecule has 2 saturated heterocycles. The van der Waals surface area contributed by atoms with E-state index in [1.807, 2.05) is 18.4 Å². The van der Waals surface area contributed by atoms with Crippen LogP contribution in [0, 0.1) is 0 Å². The summed E-state index contributed by atoms with van der Waals surface area (Å²) in [5, 5.41) is 4.44. The van der Waals surface area contributed by atoms with Crippen LogP contribution in [0.4, 0.5) is 0 Å². The summed E-state index contributed by atoms with van der Waals surface area (Å²) in [7, 11) is 2.00. The molecule has 3 heterocycles. The standard InChI is InChI=1S/C15H25N3OS/c1-3-5-12-14(8-16-2)20-15(17-12)13-9-18-7-4-6-11(18)10-19-13/h11,13,16H,3-10H2,1-2H3. The SMILES string of the molecule is CCCc1nc(C2CN3CCCC3CO2)sc1CNC. The van der Waals surface area contributed by atoms with Gasteiger partial charge in [-0.05, 0) is 32.9 Å². The van der Waals surface area contributed by atoms with Gasteiger partial charge in [-0.2, -0.15) is 0 Å². The number of nitrogens with zero attached hydrogens (tertiary/aromatic N) is 2. The zero-order valence-electron chi connectivity index (χ0n) is 12.5. The van der Waals surface area contributed by atoms with Crippen LogP contribution < -0.4 is 5.32 Å². The Bertz CT molecular complexity index is 425. The zero-order chi connectivity index (χ0) is 13.9. The minimum atomic E-state index is 0.190. The van der Waals surface area contributed by atoms with Crippen molar-refractivity contribution in [2.75, 3.05) is 26.7 Å². The molecule has 0 saturated carbocycles. The molecule has 2 aliphatic heterocycles. The largest absolute Gasteiger partial charge is 0.368 e. The molecule has 5 heteroatoms. The van der Waals surface area contributed by atoms with Crippen LogP contribution >= 0.6 is 11.3 Å². The number of aryl methyl sites for hydroxylation is 1. The summed E-state index contributed by atoms with van der Waals surface area (Å²) in [5.74, 6) is 0. The first-order valence-electron chi connectivity index (χ1n) is 7.80. The van der Waals surface area contributed by atoms with Crippen LogP contribution in [0.15, 0.2) is 0 Å². The van der Waals surface area contributed by atoms with Crippen molar-refractivity contribution in [3.63, 3.8) is 0 Å². The Morgan fingerprint density at radius 1 is 1.50 bits per heavy atom. The van der Waals surface area contributed by atoms with Gasteiger partial charge in [-0.25, -0.2) is 4.98 Å². The number of thiazole rings is 1. The highest BCUT2D eigenvalue weighted by Gasteiger charge is 2.34. The normalized spacial score (nSPS) is 26.9. The van der Waals surface area contributed by atoms with Crippen LogP contribution in [-0.4, -0.2) is 42.7 Å². The predicted molar refractivity (Wildman–Crippen MR) is 82.2 cm³/mol. The number of nitrogens with one attached hydrogen (secondary N) is 1. The van der Waals surface area contributed by atoms with Gasteiger partial charge in [0.15, 0.2) is 0 Å². The molecule has 2 aliphatic rings. The number of ether oxygens (including phenoxy) is 1. The van der Waals surface area contributed by atoms with E-state index in [1.54, 1.807) is 0 Å². The molecular formula is C15H25N3OS. The van der Waals surface area contributed by atoms with Crippen molar-refractivity contribution in [3.05, 3.63) is 15.6 Å². The van der Waals surface area contributed by atoms with Gasteiger partial charge in [0.25, 0.3) is 0 Å². The van der Waals surface area contributed by atoms with Crippen LogP contribution in [-0.2, 0) is 17.7 Å². The van der Waals surface area contributed by atoms with E-state index < -0.39 is 0 Å². The molecule has 1 aromatic rings. The molecule has 0 bridgehead atoms. The highest BCUT2D eigenvalue weighted by atomic mass is 32.1. The molecule has 112 valence electrons. The van der Waals surface area contributed by atoms with E-state index in [2.05, 4.69) is 17.1 Å². The summed E-state index contributed by atoms with van der Waals surface area (Å²) in [4.78, 5) is 8.86. The molecule has 0 radical (unpaired) electrons. The van der Waals surface area contributed by atoms with E-state index in [0.29, 0.717) is 6.04 Å². The fourth-order valence-electron chi connectivity index (χ4n) is 3.24.